The quantitative estimate of drug-likeness (QED) is 0.143. The zero-order chi connectivity index (χ0) is 49.8. The fourth-order valence-electron chi connectivity index (χ4n) is 10.2. The second kappa shape index (κ2) is 22.5. The van der Waals surface area contributed by atoms with Gasteiger partial charge in [0.1, 0.15) is 23.6 Å². The van der Waals surface area contributed by atoms with Crippen molar-refractivity contribution >= 4 is 23.8 Å². The fraction of sp³-hybridized carbons (Fsp3) is 0.740. The molecule has 4 aliphatic heterocycles. The predicted molar refractivity (Wildman–Crippen MR) is 246 cm³/mol. The minimum atomic E-state index is -2.01. The molecule has 17 heteroatoms. The van der Waals surface area contributed by atoms with Gasteiger partial charge in [-0.3, -0.25) is 9.59 Å². The summed E-state index contributed by atoms with van der Waals surface area (Å²) in [6.07, 6.45) is -3.11. The van der Waals surface area contributed by atoms with Gasteiger partial charge in [-0.25, -0.2) is 4.79 Å². The van der Waals surface area contributed by atoms with Gasteiger partial charge in [0.25, 0.3) is 0 Å². The number of esters is 2. The summed E-state index contributed by atoms with van der Waals surface area (Å²) < 4.78 is 62.2. The second-order valence-electron chi connectivity index (χ2n) is 19.9. The molecule has 378 valence electrons. The van der Waals surface area contributed by atoms with E-state index in [1.807, 2.05) is 57.1 Å². The number of ether oxygens (including phenoxy) is 10. The highest BCUT2D eigenvalue weighted by atomic mass is 16.7. The van der Waals surface area contributed by atoms with E-state index in [0.717, 1.165) is 5.56 Å². The number of ketones is 1. The number of Topliss-reactive ketones (excluding diaryl/α,β-unsaturated/α-hetero) is 1. The summed E-state index contributed by atoms with van der Waals surface area (Å²) in [5, 5.41) is 34.5. The number of cyclic esters (lactones) is 1. The Morgan fingerprint density at radius 3 is 2.18 bits per heavy atom. The van der Waals surface area contributed by atoms with Gasteiger partial charge in [0.05, 0.1) is 53.7 Å². The summed E-state index contributed by atoms with van der Waals surface area (Å²) in [6.45, 7) is 17.1. The van der Waals surface area contributed by atoms with Crippen LogP contribution in [0.3, 0.4) is 0 Å². The molecule has 5 rings (SSSR count). The Labute approximate surface area is 396 Å². The predicted octanol–water partition coefficient (Wildman–Crippen LogP) is 4.99. The number of likely N-dealkylation sites (N-methyl/N-ethyl adjacent to an activating group) is 1. The number of methoxy groups -OCH3 is 2. The van der Waals surface area contributed by atoms with E-state index in [1.165, 1.54) is 27.2 Å². The minimum Gasteiger partial charge on any atom is -0.459 e. The molecule has 0 radical (unpaired) electrons. The van der Waals surface area contributed by atoms with Crippen molar-refractivity contribution in [2.75, 3.05) is 35.1 Å². The molecule has 0 aliphatic carbocycles. The van der Waals surface area contributed by atoms with Crippen LogP contribution >= 0.6 is 0 Å². The van der Waals surface area contributed by atoms with Crippen LogP contribution in [0.2, 0.25) is 0 Å². The van der Waals surface area contributed by atoms with E-state index < -0.39 is 108 Å². The van der Waals surface area contributed by atoms with E-state index >= 15 is 0 Å². The van der Waals surface area contributed by atoms with Gasteiger partial charge in [-0.1, -0.05) is 52.0 Å². The van der Waals surface area contributed by atoms with E-state index in [4.69, 9.17) is 47.4 Å². The normalized spacial score (nSPS) is 41.4. The molecule has 18 atom stereocenters. The van der Waals surface area contributed by atoms with Gasteiger partial charge >= 0.3 is 11.9 Å². The number of nitrogens with zero attached hydrogens (tertiary/aromatic N) is 1. The van der Waals surface area contributed by atoms with Crippen molar-refractivity contribution in [3.63, 3.8) is 0 Å². The van der Waals surface area contributed by atoms with Gasteiger partial charge in [-0.15, -0.1) is 0 Å². The monoisotopic (exact) mass is 948 g/mol. The number of benzene rings is 1. The van der Waals surface area contributed by atoms with Crippen molar-refractivity contribution in [2.24, 2.45) is 23.7 Å². The number of hydrogen-bond acceptors (Lipinski definition) is 17. The summed E-state index contributed by atoms with van der Waals surface area (Å²) in [5.41, 5.74) is -3.60. The molecule has 0 spiro atoms. The molecule has 0 aromatic heterocycles. The average Bonchev–Trinajstić information content (AvgIpc) is 3.76. The molecule has 4 aliphatic rings. The van der Waals surface area contributed by atoms with Crippen molar-refractivity contribution in [3.05, 3.63) is 42.0 Å². The van der Waals surface area contributed by atoms with Gasteiger partial charge in [-0.2, -0.15) is 0 Å². The lowest BCUT2D eigenvalue weighted by Crippen LogP contribution is -2.62. The van der Waals surface area contributed by atoms with Crippen LogP contribution in [0, 0.1) is 23.7 Å². The lowest BCUT2D eigenvalue weighted by molar-refractivity contribution is -0.320. The lowest BCUT2D eigenvalue weighted by atomic mass is 9.74. The Hall–Kier alpha value is -3.49. The van der Waals surface area contributed by atoms with Crippen molar-refractivity contribution in [1.29, 1.82) is 0 Å². The Morgan fingerprint density at radius 2 is 1.54 bits per heavy atom. The number of fused-ring (bicyclic) bond motifs is 1. The van der Waals surface area contributed by atoms with Crippen molar-refractivity contribution < 1.29 is 77.1 Å². The van der Waals surface area contributed by atoms with Crippen LogP contribution in [0.25, 0.3) is 6.08 Å². The number of carbonyl (C=O) groups is 3. The smallest absolute Gasteiger partial charge is 0.331 e. The van der Waals surface area contributed by atoms with E-state index in [-0.39, 0.29) is 44.0 Å². The maximum absolute atomic E-state index is 14.5. The third-order valence-electron chi connectivity index (χ3n) is 14.5. The second-order valence-corrected chi connectivity index (χ2v) is 19.9. The summed E-state index contributed by atoms with van der Waals surface area (Å²) in [4.78, 5) is 44.4. The van der Waals surface area contributed by atoms with Crippen molar-refractivity contribution in [3.8, 4) is 11.5 Å². The number of allylic oxidation sites excluding steroid dienone is 2. The average molecular weight is 948 g/mol. The van der Waals surface area contributed by atoms with Crippen LogP contribution in [0.15, 0.2) is 36.4 Å². The molecular formula is C50H77NO16. The topological polar surface area (TPSA) is 207 Å². The molecule has 0 unspecified atom stereocenters. The maximum Gasteiger partial charge on any atom is 0.331 e. The highest BCUT2D eigenvalue weighted by Gasteiger charge is 2.54. The van der Waals surface area contributed by atoms with Crippen LogP contribution in [0.1, 0.15) is 100 Å². The number of rotatable bonds is 12. The first-order valence-electron chi connectivity index (χ1n) is 23.6. The van der Waals surface area contributed by atoms with Gasteiger partial charge < -0.3 is 67.6 Å². The summed E-state index contributed by atoms with van der Waals surface area (Å²) in [6, 6.07) is 5.15. The highest BCUT2D eigenvalue weighted by Crippen LogP contribution is 2.42. The van der Waals surface area contributed by atoms with E-state index in [2.05, 4.69) is 0 Å². The molecule has 3 fully saturated rings. The first kappa shape index (κ1) is 54.5. The fourth-order valence-corrected chi connectivity index (χ4v) is 10.2. The van der Waals surface area contributed by atoms with Crippen LogP contribution in [-0.2, 0) is 52.3 Å². The van der Waals surface area contributed by atoms with Crippen LogP contribution in [0.4, 0.5) is 0 Å². The Bertz CT molecular complexity index is 1910. The summed E-state index contributed by atoms with van der Waals surface area (Å²) >= 11 is 0. The summed E-state index contributed by atoms with van der Waals surface area (Å²) in [5.74, 6) is -4.18. The molecule has 3 N–H and O–H groups in total. The van der Waals surface area contributed by atoms with E-state index in [0.29, 0.717) is 17.9 Å². The largest absolute Gasteiger partial charge is 0.459 e. The molecule has 0 amide bonds. The van der Waals surface area contributed by atoms with E-state index in [9.17, 15) is 29.7 Å². The number of hydrogen-bond donors (Lipinski definition) is 3. The zero-order valence-corrected chi connectivity index (χ0v) is 41.8. The highest BCUT2D eigenvalue weighted by molar-refractivity contribution is 5.84. The molecule has 0 saturated carbocycles. The third kappa shape index (κ3) is 12.3. The van der Waals surface area contributed by atoms with Crippen LogP contribution < -0.4 is 9.47 Å². The zero-order valence-electron chi connectivity index (χ0n) is 41.8. The molecule has 17 nitrogen and oxygen atoms in total. The van der Waals surface area contributed by atoms with Gasteiger partial charge in [0, 0.05) is 44.5 Å². The maximum atomic E-state index is 14.5. The van der Waals surface area contributed by atoms with Gasteiger partial charge in [0.15, 0.2) is 30.2 Å². The molecule has 4 heterocycles. The molecule has 3 saturated heterocycles. The minimum absolute atomic E-state index is 0.0481. The van der Waals surface area contributed by atoms with Gasteiger partial charge in [0.2, 0.25) is 6.79 Å². The third-order valence-corrected chi connectivity index (χ3v) is 14.5. The SMILES string of the molecule is CC[C@H]1OC(=O)[C@@H](C)[C@@H](O[C@H]2C[C@@](C)(OC)[C@@H](O)[C@H](C)O2)[C@@H](C)[C@@H](O[C@H]2O[C@@H](C)C[C@@H](N(C)C)[C@@H]2OC(=O)/C=C/C=C/c2ccc3c(c2)OCO3)[C@](C)(OC)C[C@@H](C)C(=O)[C@H](C)[C@H](O)[C@]1(C)O. The molecule has 67 heavy (non-hydrogen) atoms. The molecule has 1 aromatic carbocycles. The standard InChI is InChI=1S/C50H77NO16/c1-15-37-50(10,57)43(54)29(4)40(53)27(2)24-49(9,59-14)45(30(5)41(31(6)46(56)64-37)66-39-25-48(8,58-13)44(55)32(7)63-39)67-47-42(34(51(11)12)22-28(3)62-47)65-38(52)19-17-16-18-33-20-21-35-36(23-33)61-26-60-35/h16-21,23,27-32,34,37,39,41-45,47,54-55,57H,15,22,24-26H2,1-14H3/b18-16+,19-17+/t27-,28+,29+,30-,31+,32+,34-,37-,39+,41+,42+,43+,44+,45-,47-,48-,49-,50-/m1/s1. The van der Waals surface area contributed by atoms with Crippen LogP contribution in [-0.4, -0.2) is 157 Å². The number of aliphatic hydroxyl groups is 3. The molecular weight excluding hydrogens is 871 g/mol. The Kier molecular flexibility index (Phi) is 18.3. The number of aliphatic hydroxyl groups excluding tert-OH is 2. The Morgan fingerprint density at radius 1 is 0.866 bits per heavy atom. The van der Waals surface area contributed by atoms with Crippen molar-refractivity contribution in [1.82, 2.24) is 4.90 Å². The van der Waals surface area contributed by atoms with E-state index in [1.54, 1.807) is 60.6 Å². The number of carbonyl (C=O) groups excluding carboxylic acids is 3. The first-order chi connectivity index (χ1) is 31.4. The molecule has 0 bridgehead atoms. The lowest BCUT2D eigenvalue weighted by Gasteiger charge is -2.50. The van der Waals surface area contributed by atoms with Gasteiger partial charge in [-0.05, 0) is 92.6 Å². The molecule has 1 aromatic rings. The first-order valence-corrected chi connectivity index (χ1v) is 23.6. The Balaban J connectivity index is 1.57. The van der Waals surface area contributed by atoms with Crippen LogP contribution in [0.5, 0.6) is 11.5 Å². The van der Waals surface area contributed by atoms with Crippen molar-refractivity contribution in [2.45, 2.75) is 179 Å². The summed E-state index contributed by atoms with van der Waals surface area (Å²) in [7, 11) is 6.75.